The summed E-state index contributed by atoms with van der Waals surface area (Å²) in [6, 6.07) is 2.51. The second-order valence-electron chi connectivity index (χ2n) is 6.23. The topological polar surface area (TPSA) is 103 Å². The maximum absolute atomic E-state index is 12.2. The Balaban J connectivity index is 2.04. The largest absolute Gasteiger partial charge is 0.454 e. The number of nitrogens with two attached hydrogens (primary N) is 1. The number of nitrogen functional groups attached to an aromatic ring is 1. The molecule has 1 unspecified atom stereocenters. The molecule has 1 aromatic rings. The van der Waals surface area contributed by atoms with Gasteiger partial charge in [-0.05, 0) is 6.92 Å². The predicted octanol–water partition coefficient (Wildman–Crippen LogP) is 1.49. The smallest absolute Gasteiger partial charge is 0.246 e. The van der Waals surface area contributed by atoms with E-state index in [4.69, 9.17) is 15.2 Å². The van der Waals surface area contributed by atoms with Crippen LogP contribution in [0.15, 0.2) is 12.1 Å². The van der Waals surface area contributed by atoms with E-state index in [1.807, 2.05) is 0 Å². The van der Waals surface area contributed by atoms with Crippen LogP contribution in [0.25, 0.3) is 0 Å². The average molecular weight is 307 g/mol. The van der Waals surface area contributed by atoms with Gasteiger partial charge in [0.25, 0.3) is 0 Å². The van der Waals surface area contributed by atoms with Gasteiger partial charge in [-0.25, -0.2) is 0 Å². The quantitative estimate of drug-likeness (QED) is 0.734. The van der Waals surface area contributed by atoms with E-state index in [0.29, 0.717) is 22.9 Å². The van der Waals surface area contributed by atoms with Gasteiger partial charge in [0.1, 0.15) is 6.04 Å². The molecule has 0 saturated carbocycles. The maximum Gasteiger partial charge on any atom is 0.246 e. The zero-order valence-corrected chi connectivity index (χ0v) is 13.1. The number of amides is 2. The minimum Gasteiger partial charge on any atom is -0.454 e. The van der Waals surface area contributed by atoms with Crippen molar-refractivity contribution in [3.63, 3.8) is 0 Å². The van der Waals surface area contributed by atoms with Crippen molar-refractivity contribution in [3.05, 3.63) is 12.1 Å². The maximum atomic E-state index is 12.2. The second kappa shape index (κ2) is 5.75. The number of nitrogens with one attached hydrogen (secondary N) is 2. The lowest BCUT2D eigenvalue weighted by Gasteiger charge is -2.21. The van der Waals surface area contributed by atoms with Crippen LogP contribution < -0.4 is 25.8 Å². The monoisotopic (exact) mass is 307 g/mol. The molecule has 1 aromatic carbocycles. The number of ether oxygens (including phenoxy) is 2. The van der Waals surface area contributed by atoms with Crippen LogP contribution in [0.1, 0.15) is 27.7 Å². The number of carbonyl (C=O) groups is 2. The molecule has 7 heteroatoms. The van der Waals surface area contributed by atoms with Crippen molar-refractivity contribution in [3.8, 4) is 11.5 Å². The Labute approximate surface area is 129 Å². The fourth-order valence-corrected chi connectivity index (χ4v) is 1.79. The van der Waals surface area contributed by atoms with Crippen LogP contribution in [0.2, 0.25) is 0 Å². The summed E-state index contributed by atoms with van der Waals surface area (Å²) in [5.74, 6) is 0.512. The first-order chi connectivity index (χ1) is 10.2. The third-order valence-corrected chi connectivity index (χ3v) is 3.22. The number of rotatable bonds is 3. The van der Waals surface area contributed by atoms with E-state index in [9.17, 15) is 9.59 Å². The molecule has 22 heavy (non-hydrogen) atoms. The average Bonchev–Trinajstić information content (AvgIpc) is 2.84. The minimum absolute atomic E-state index is 0.129. The third-order valence-electron chi connectivity index (χ3n) is 3.22. The summed E-state index contributed by atoms with van der Waals surface area (Å²) < 4.78 is 10.5. The predicted molar refractivity (Wildman–Crippen MR) is 82.7 cm³/mol. The van der Waals surface area contributed by atoms with E-state index in [0.717, 1.165) is 0 Å². The zero-order chi connectivity index (χ0) is 16.5. The van der Waals surface area contributed by atoms with E-state index in [2.05, 4.69) is 10.6 Å². The van der Waals surface area contributed by atoms with E-state index in [1.54, 1.807) is 39.8 Å². The van der Waals surface area contributed by atoms with Crippen molar-refractivity contribution in [2.24, 2.45) is 5.41 Å². The number of carbonyl (C=O) groups excluding carboxylic acids is 2. The Kier molecular flexibility index (Phi) is 4.16. The first-order valence-electron chi connectivity index (χ1n) is 6.99. The number of anilines is 2. The molecule has 0 spiro atoms. The first-order valence-corrected chi connectivity index (χ1v) is 6.99. The van der Waals surface area contributed by atoms with Crippen molar-refractivity contribution < 1.29 is 19.1 Å². The van der Waals surface area contributed by atoms with Gasteiger partial charge in [0, 0.05) is 17.5 Å². The molecule has 2 rings (SSSR count). The van der Waals surface area contributed by atoms with E-state index in [-0.39, 0.29) is 18.6 Å². The Morgan fingerprint density at radius 3 is 2.41 bits per heavy atom. The van der Waals surface area contributed by atoms with Gasteiger partial charge in [-0.3, -0.25) is 9.59 Å². The number of hydrogen-bond donors (Lipinski definition) is 3. The molecule has 1 aliphatic heterocycles. The summed E-state index contributed by atoms with van der Waals surface area (Å²) in [4.78, 5) is 24.1. The van der Waals surface area contributed by atoms with Gasteiger partial charge in [-0.1, -0.05) is 20.8 Å². The number of fused-ring (bicyclic) bond motifs is 1. The Morgan fingerprint density at radius 2 is 1.82 bits per heavy atom. The van der Waals surface area contributed by atoms with Crippen LogP contribution in [0.5, 0.6) is 11.5 Å². The van der Waals surface area contributed by atoms with Crippen LogP contribution >= 0.6 is 0 Å². The minimum atomic E-state index is -0.684. The van der Waals surface area contributed by atoms with Gasteiger partial charge in [-0.2, -0.15) is 0 Å². The molecule has 2 amide bonds. The highest BCUT2D eigenvalue weighted by Crippen LogP contribution is 2.38. The van der Waals surface area contributed by atoms with Gasteiger partial charge >= 0.3 is 0 Å². The molecule has 0 radical (unpaired) electrons. The molecular formula is C15H21N3O4. The Bertz CT molecular complexity index is 608. The molecule has 0 bridgehead atoms. The summed E-state index contributed by atoms with van der Waals surface area (Å²) in [5.41, 5.74) is 6.10. The van der Waals surface area contributed by atoms with E-state index < -0.39 is 11.5 Å². The summed E-state index contributed by atoms with van der Waals surface area (Å²) in [6.07, 6.45) is 0. The van der Waals surface area contributed by atoms with Crippen LogP contribution in [0.4, 0.5) is 11.4 Å². The molecule has 0 saturated heterocycles. The molecule has 0 aliphatic carbocycles. The van der Waals surface area contributed by atoms with Crippen molar-refractivity contribution in [2.45, 2.75) is 33.7 Å². The van der Waals surface area contributed by atoms with E-state index in [1.165, 1.54) is 0 Å². The Morgan fingerprint density at radius 1 is 1.23 bits per heavy atom. The highest BCUT2D eigenvalue weighted by atomic mass is 16.7. The molecule has 7 nitrogen and oxygen atoms in total. The fraction of sp³-hybridized carbons (Fsp3) is 0.467. The van der Waals surface area contributed by atoms with Crippen molar-refractivity contribution in [2.75, 3.05) is 17.8 Å². The second-order valence-corrected chi connectivity index (χ2v) is 6.23. The lowest BCUT2D eigenvalue weighted by molar-refractivity contribution is -0.131. The summed E-state index contributed by atoms with van der Waals surface area (Å²) >= 11 is 0. The highest BCUT2D eigenvalue weighted by Gasteiger charge is 2.25. The van der Waals surface area contributed by atoms with Crippen molar-refractivity contribution in [1.29, 1.82) is 0 Å². The lowest BCUT2D eigenvalue weighted by Crippen LogP contribution is -2.46. The van der Waals surface area contributed by atoms with Crippen molar-refractivity contribution in [1.82, 2.24) is 5.32 Å². The third kappa shape index (κ3) is 3.41. The number of hydrogen-bond acceptors (Lipinski definition) is 5. The van der Waals surface area contributed by atoms with E-state index >= 15 is 0 Å². The van der Waals surface area contributed by atoms with Gasteiger partial charge in [-0.15, -0.1) is 0 Å². The normalized spacial score (nSPS) is 14.4. The van der Waals surface area contributed by atoms with Crippen molar-refractivity contribution >= 4 is 23.2 Å². The fourth-order valence-electron chi connectivity index (χ4n) is 1.79. The van der Waals surface area contributed by atoms with Crippen LogP contribution in [0, 0.1) is 5.41 Å². The first kappa shape index (κ1) is 15.9. The van der Waals surface area contributed by atoms with Crippen LogP contribution in [-0.4, -0.2) is 24.6 Å². The molecule has 4 N–H and O–H groups in total. The molecule has 1 heterocycles. The standard InChI is InChI=1S/C15H21N3O4/c1-8(17-14(20)15(2,3)4)13(19)18-10-6-12-11(5-9(10)16)21-7-22-12/h5-6,8H,7,16H2,1-4H3,(H,17,20)(H,18,19). The van der Waals surface area contributed by atoms with Crippen LogP contribution in [-0.2, 0) is 9.59 Å². The lowest BCUT2D eigenvalue weighted by atomic mass is 9.95. The Hall–Kier alpha value is -2.44. The molecule has 1 atom stereocenters. The summed E-state index contributed by atoms with van der Waals surface area (Å²) in [7, 11) is 0. The molecular weight excluding hydrogens is 286 g/mol. The van der Waals surface area contributed by atoms with Crippen LogP contribution in [0.3, 0.4) is 0 Å². The van der Waals surface area contributed by atoms with Gasteiger partial charge in [0.05, 0.1) is 11.4 Å². The highest BCUT2D eigenvalue weighted by molar-refractivity contribution is 5.99. The molecule has 0 aromatic heterocycles. The molecule has 0 fully saturated rings. The summed E-state index contributed by atoms with van der Waals surface area (Å²) in [6.45, 7) is 7.08. The summed E-state index contributed by atoms with van der Waals surface area (Å²) in [5, 5.41) is 5.35. The van der Waals surface area contributed by atoms with Gasteiger partial charge in [0.2, 0.25) is 18.6 Å². The van der Waals surface area contributed by atoms with Gasteiger partial charge in [0.15, 0.2) is 11.5 Å². The van der Waals surface area contributed by atoms with Gasteiger partial charge < -0.3 is 25.8 Å². The SMILES string of the molecule is CC(NC(=O)C(C)(C)C)C(=O)Nc1cc2c(cc1N)OCO2. The molecule has 120 valence electrons. The zero-order valence-electron chi connectivity index (χ0n) is 13.1. The molecule has 1 aliphatic rings. The number of benzene rings is 1.